The minimum atomic E-state index is 0.0548. The van der Waals surface area contributed by atoms with Crippen molar-refractivity contribution in [2.45, 2.75) is 34.1 Å². The van der Waals surface area contributed by atoms with E-state index in [2.05, 4.69) is 29.2 Å². The largest absolute Gasteiger partial charge is 0.361 e. The molecule has 0 spiro atoms. The van der Waals surface area contributed by atoms with Crippen molar-refractivity contribution in [2.75, 3.05) is 39.3 Å². The van der Waals surface area contributed by atoms with Gasteiger partial charge in [-0.15, -0.1) is 0 Å². The molecule has 1 fully saturated rings. The van der Waals surface area contributed by atoms with Crippen LogP contribution in [0, 0.1) is 19.8 Å². The number of carbonyl (C=O) groups excluding carboxylic acids is 2. The van der Waals surface area contributed by atoms with Crippen molar-refractivity contribution < 1.29 is 14.1 Å². The van der Waals surface area contributed by atoms with Crippen LogP contribution in [0.5, 0.6) is 0 Å². The lowest BCUT2D eigenvalue weighted by atomic mass is 10.1. The zero-order valence-corrected chi connectivity index (χ0v) is 15.1. The van der Waals surface area contributed by atoms with Gasteiger partial charge in [-0.1, -0.05) is 19.0 Å². The predicted molar refractivity (Wildman–Crippen MR) is 90.5 cm³/mol. The third-order valence-corrected chi connectivity index (χ3v) is 4.31. The molecule has 1 aromatic rings. The minimum absolute atomic E-state index is 0.0548. The van der Waals surface area contributed by atoms with Gasteiger partial charge in [-0.3, -0.25) is 14.5 Å². The van der Waals surface area contributed by atoms with Crippen molar-refractivity contribution in [2.24, 2.45) is 5.92 Å². The Labute approximate surface area is 143 Å². The van der Waals surface area contributed by atoms with Gasteiger partial charge in [-0.25, -0.2) is 0 Å². The van der Waals surface area contributed by atoms with E-state index in [0.717, 1.165) is 24.3 Å². The van der Waals surface area contributed by atoms with E-state index in [4.69, 9.17) is 4.52 Å². The third-order valence-electron chi connectivity index (χ3n) is 4.31. The second kappa shape index (κ2) is 8.28. The first kappa shape index (κ1) is 18.4. The maximum atomic E-state index is 12.4. The van der Waals surface area contributed by atoms with E-state index in [-0.39, 0.29) is 11.8 Å². The van der Waals surface area contributed by atoms with Crippen molar-refractivity contribution in [3.8, 4) is 0 Å². The van der Waals surface area contributed by atoms with E-state index < -0.39 is 0 Å². The minimum Gasteiger partial charge on any atom is -0.361 e. The van der Waals surface area contributed by atoms with Crippen LogP contribution >= 0.6 is 0 Å². The maximum Gasteiger partial charge on any atom is 0.234 e. The van der Waals surface area contributed by atoms with Crippen molar-refractivity contribution >= 4 is 11.8 Å². The summed E-state index contributed by atoms with van der Waals surface area (Å²) in [5.41, 5.74) is 1.66. The topological polar surface area (TPSA) is 78.7 Å². The monoisotopic (exact) mass is 336 g/mol. The molecule has 0 atom stereocenters. The molecule has 0 radical (unpaired) electrons. The molecule has 1 saturated heterocycles. The summed E-state index contributed by atoms with van der Waals surface area (Å²) in [4.78, 5) is 28.3. The first-order valence-corrected chi connectivity index (χ1v) is 8.55. The molecule has 1 aliphatic heterocycles. The lowest BCUT2D eigenvalue weighted by Crippen LogP contribution is -2.51. The number of nitrogens with one attached hydrogen (secondary N) is 1. The lowest BCUT2D eigenvalue weighted by Gasteiger charge is -2.34. The highest BCUT2D eigenvalue weighted by Crippen LogP contribution is 2.14. The number of aryl methyl sites for hydroxylation is 2. The van der Waals surface area contributed by atoms with Crippen LogP contribution in [-0.4, -0.2) is 66.0 Å². The normalized spacial score (nSPS) is 15.8. The molecule has 7 nitrogen and oxygen atoms in total. The van der Waals surface area contributed by atoms with Crippen LogP contribution in [0.2, 0.25) is 0 Å². The second-order valence-corrected chi connectivity index (χ2v) is 6.83. The summed E-state index contributed by atoms with van der Waals surface area (Å²) in [7, 11) is 0. The molecule has 1 aliphatic rings. The van der Waals surface area contributed by atoms with E-state index >= 15 is 0 Å². The number of nitrogens with zero attached hydrogens (tertiary/aromatic N) is 3. The summed E-state index contributed by atoms with van der Waals surface area (Å²) in [5.74, 6) is 1.31. The Hall–Kier alpha value is -1.89. The van der Waals surface area contributed by atoms with Crippen LogP contribution in [0.1, 0.15) is 30.9 Å². The third kappa shape index (κ3) is 5.06. The number of amides is 2. The molecule has 134 valence electrons. The van der Waals surface area contributed by atoms with Gasteiger partial charge in [-0.05, 0) is 19.8 Å². The Balaban J connectivity index is 1.76. The molecule has 2 amide bonds. The maximum absolute atomic E-state index is 12.4. The number of hydrogen-bond donors (Lipinski definition) is 1. The molecule has 1 aromatic heterocycles. The number of rotatable bonds is 6. The second-order valence-electron chi connectivity index (χ2n) is 6.83. The Kier molecular flexibility index (Phi) is 6.36. The van der Waals surface area contributed by atoms with E-state index in [9.17, 15) is 9.59 Å². The van der Waals surface area contributed by atoms with Gasteiger partial charge >= 0.3 is 0 Å². The number of aromatic nitrogens is 1. The van der Waals surface area contributed by atoms with Gasteiger partial charge in [0, 0.05) is 38.3 Å². The quantitative estimate of drug-likeness (QED) is 0.829. The Morgan fingerprint density at radius 1 is 1.21 bits per heavy atom. The fourth-order valence-electron chi connectivity index (χ4n) is 2.75. The zero-order valence-electron chi connectivity index (χ0n) is 15.1. The summed E-state index contributed by atoms with van der Waals surface area (Å²) >= 11 is 0. The average Bonchev–Trinajstić information content (AvgIpc) is 2.85. The van der Waals surface area contributed by atoms with Gasteiger partial charge in [0.25, 0.3) is 0 Å². The van der Waals surface area contributed by atoms with Gasteiger partial charge in [-0.2, -0.15) is 0 Å². The van der Waals surface area contributed by atoms with E-state index in [1.165, 1.54) is 0 Å². The summed E-state index contributed by atoms with van der Waals surface area (Å²) in [6.07, 6.45) is 0.329. The molecular formula is C17H28N4O3. The van der Waals surface area contributed by atoms with Crippen LogP contribution in [0.3, 0.4) is 0 Å². The number of hydrogen-bond acceptors (Lipinski definition) is 5. The fraction of sp³-hybridized carbons (Fsp3) is 0.706. The van der Waals surface area contributed by atoms with Gasteiger partial charge in [0.15, 0.2) is 0 Å². The SMILES string of the molecule is Cc1noc(C)c1CC(=O)N1CCN(CC(=O)NCC(C)C)CC1. The zero-order chi connectivity index (χ0) is 17.7. The number of piperazine rings is 1. The molecule has 0 saturated carbocycles. The van der Waals surface area contributed by atoms with Crippen molar-refractivity contribution in [3.63, 3.8) is 0 Å². The Morgan fingerprint density at radius 3 is 2.42 bits per heavy atom. The molecule has 7 heteroatoms. The summed E-state index contributed by atoms with van der Waals surface area (Å²) in [6.45, 7) is 11.7. The average molecular weight is 336 g/mol. The first-order chi connectivity index (χ1) is 11.4. The molecule has 0 aromatic carbocycles. The van der Waals surface area contributed by atoms with Crippen LogP contribution in [-0.2, 0) is 16.0 Å². The van der Waals surface area contributed by atoms with Crippen LogP contribution in [0.25, 0.3) is 0 Å². The highest BCUT2D eigenvalue weighted by atomic mass is 16.5. The van der Waals surface area contributed by atoms with Crippen molar-refractivity contribution in [1.82, 2.24) is 20.3 Å². The van der Waals surface area contributed by atoms with E-state index in [1.54, 1.807) is 0 Å². The van der Waals surface area contributed by atoms with E-state index in [1.807, 2.05) is 18.7 Å². The molecule has 2 heterocycles. The molecule has 1 N–H and O–H groups in total. The van der Waals surface area contributed by atoms with E-state index in [0.29, 0.717) is 44.3 Å². The standard InChI is InChI=1S/C17H28N4O3/c1-12(2)10-18-16(22)11-20-5-7-21(8-6-20)17(23)9-15-13(3)19-24-14(15)4/h12H,5-11H2,1-4H3,(H,18,22). The summed E-state index contributed by atoms with van der Waals surface area (Å²) in [6, 6.07) is 0. The molecule has 0 bridgehead atoms. The fourth-order valence-corrected chi connectivity index (χ4v) is 2.75. The smallest absolute Gasteiger partial charge is 0.234 e. The van der Waals surface area contributed by atoms with Gasteiger partial charge in [0.1, 0.15) is 5.76 Å². The molecule has 0 aliphatic carbocycles. The summed E-state index contributed by atoms with van der Waals surface area (Å²) in [5, 5.41) is 6.82. The highest BCUT2D eigenvalue weighted by Gasteiger charge is 2.24. The van der Waals surface area contributed by atoms with Crippen molar-refractivity contribution in [3.05, 3.63) is 17.0 Å². The highest BCUT2D eigenvalue weighted by molar-refractivity contribution is 5.80. The number of carbonyl (C=O) groups is 2. The van der Waals surface area contributed by atoms with Gasteiger partial charge in [0.2, 0.25) is 11.8 Å². The molecular weight excluding hydrogens is 308 g/mol. The lowest BCUT2D eigenvalue weighted by molar-refractivity contribution is -0.132. The first-order valence-electron chi connectivity index (χ1n) is 8.55. The molecule has 0 unspecified atom stereocenters. The van der Waals surface area contributed by atoms with Crippen molar-refractivity contribution in [1.29, 1.82) is 0 Å². The van der Waals surface area contributed by atoms with Crippen LogP contribution in [0.15, 0.2) is 4.52 Å². The summed E-state index contributed by atoms with van der Waals surface area (Å²) < 4.78 is 5.11. The molecule has 24 heavy (non-hydrogen) atoms. The Morgan fingerprint density at radius 2 is 1.88 bits per heavy atom. The van der Waals surface area contributed by atoms with Gasteiger partial charge in [0.05, 0.1) is 18.7 Å². The predicted octanol–water partition coefficient (Wildman–Crippen LogP) is 0.750. The molecule has 2 rings (SSSR count). The Bertz CT molecular complexity index is 555. The van der Waals surface area contributed by atoms with Crippen LogP contribution in [0.4, 0.5) is 0 Å². The van der Waals surface area contributed by atoms with Gasteiger partial charge < -0.3 is 14.7 Å². The van der Waals surface area contributed by atoms with Crippen LogP contribution < -0.4 is 5.32 Å².